The van der Waals surface area contributed by atoms with E-state index in [1.165, 1.54) is 12.1 Å². The van der Waals surface area contributed by atoms with Crippen LogP contribution in [-0.4, -0.2) is 41.5 Å². The second-order valence-corrected chi connectivity index (χ2v) is 6.53. The first-order chi connectivity index (χ1) is 11.0. The van der Waals surface area contributed by atoms with Crippen molar-refractivity contribution >= 4 is 11.9 Å². The standard InChI is InChI=1S/C17H22FN3O2/c1-11(8-12-2-4-13(18)5-3-12)19-17(23)20-14-9-16(22)21(10-14)15-6-7-15/h2-5,11,14-15H,6-10H2,1H3,(H2,19,20,23). The molecule has 1 aromatic rings. The summed E-state index contributed by atoms with van der Waals surface area (Å²) in [5, 5.41) is 5.75. The minimum absolute atomic E-state index is 0.0721. The molecule has 1 saturated carbocycles. The number of hydrogen-bond donors (Lipinski definition) is 2. The summed E-state index contributed by atoms with van der Waals surface area (Å²) in [6.45, 7) is 2.52. The maximum absolute atomic E-state index is 12.9. The van der Waals surface area contributed by atoms with Crippen LogP contribution in [0.25, 0.3) is 0 Å². The van der Waals surface area contributed by atoms with Crippen LogP contribution in [0.15, 0.2) is 24.3 Å². The first-order valence-corrected chi connectivity index (χ1v) is 8.12. The van der Waals surface area contributed by atoms with Crippen LogP contribution >= 0.6 is 0 Å². The third-order valence-corrected chi connectivity index (χ3v) is 4.31. The van der Waals surface area contributed by atoms with Crippen molar-refractivity contribution in [1.82, 2.24) is 15.5 Å². The third-order valence-electron chi connectivity index (χ3n) is 4.31. The monoisotopic (exact) mass is 319 g/mol. The maximum atomic E-state index is 12.9. The highest BCUT2D eigenvalue weighted by atomic mass is 19.1. The van der Waals surface area contributed by atoms with E-state index in [2.05, 4.69) is 10.6 Å². The van der Waals surface area contributed by atoms with Gasteiger partial charge in [0.05, 0.1) is 6.04 Å². The van der Waals surface area contributed by atoms with Crippen molar-refractivity contribution in [2.75, 3.05) is 6.54 Å². The number of rotatable bonds is 5. The minimum Gasteiger partial charge on any atom is -0.338 e. The Hall–Kier alpha value is -2.11. The number of amides is 3. The van der Waals surface area contributed by atoms with Crippen molar-refractivity contribution in [2.24, 2.45) is 0 Å². The molecular formula is C17H22FN3O2. The van der Waals surface area contributed by atoms with Crippen LogP contribution in [0.5, 0.6) is 0 Å². The summed E-state index contributed by atoms with van der Waals surface area (Å²) in [5.74, 6) is -0.129. The molecule has 3 rings (SSSR count). The molecule has 6 heteroatoms. The molecule has 1 saturated heterocycles. The summed E-state index contributed by atoms with van der Waals surface area (Å²) in [6, 6.07) is 6.23. The van der Waals surface area contributed by atoms with E-state index in [4.69, 9.17) is 0 Å². The molecule has 0 radical (unpaired) electrons. The fourth-order valence-corrected chi connectivity index (χ4v) is 3.04. The molecular weight excluding hydrogens is 297 g/mol. The molecule has 0 spiro atoms. The van der Waals surface area contributed by atoms with Crippen LogP contribution < -0.4 is 10.6 Å². The molecule has 1 heterocycles. The lowest BCUT2D eigenvalue weighted by atomic mass is 10.1. The minimum atomic E-state index is -0.266. The first-order valence-electron chi connectivity index (χ1n) is 8.12. The Morgan fingerprint density at radius 3 is 2.70 bits per heavy atom. The molecule has 1 aromatic carbocycles. The van der Waals surface area contributed by atoms with Crippen LogP contribution in [0.4, 0.5) is 9.18 Å². The first kappa shape index (κ1) is 15.8. The van der Waals surface area contributed by atoms with E-state index in [9.17, 15) is 14.0 Å². The van der Waals surface area contributed by atoms with E-state index in [1.54, 1.807) is 12.1 Å². The van der Waals surface area contributed by atoms with Gasteiger partial charge in [-0.25, -0.2) is 9.18 Å². The zero-order valence-electron chi connectivity index (χ0n) is 13.2. The number of urea groups is 1. The lowest BCUT2D eigenvalue weighted by Gasteiger charge is -2.18. The van der Waals surface area contributed by atoms with Gasteiger partial charge >= 0.3 is 6.03 Å². The molecule has 3 amide bonds. The third kappa shape index (κ3) is 4.21. The van der Waals surface area contributed by atoms with Gasteiger partial charge in [0.25, 0.3) is 0 Å². The van der Waals surface area contributed by atoms with Gasteiger partial charge in [-0.1, -0.05) is 12.1 Å². The molecule has 2 N–H and O–H groups in total. The number of carbonyl (C=O) groups excluding carboxylic acids is 2. The van der Waals surface area contributed by atoms with E-state index >= 15 is 0 Å². The molecule has 5 nitrogen and oxygen atoms in total. The number of halogens is 1. The van der Waals surface area contributed by atoms with Gasteiger partial charge in [-0.05, 0) is 43.9 Å². The predicted molar refractivity (Wildman–Crippen MR) is 84.4 cm³/mol. The lowest BCUT2D eigenvalue weighted by Crippen LogP contribution is -2.46. The number of hydrogen-bond acceptors (Lipinski definition) is 2. The summed E-state index contributed by atoms with van der Waals surface area (Å²) in [7, 11) is 0. The summed E-state index contributed by atoms with van der Waals surface area (Å²) in [5.41, 5.74) is 0.968. The largest absolute Gasteiger partial charge is 0.338 e. The Kier molecular flexibility index (Phi) is 4.50. The van der Waals surface area contributed by atoms with Crippen LogP contribution in [0.1, 0.15) is 31.7 Å². The smallest absolute Gasteiger partial charge is 0.315 e. The van der Waals surface area contributed by atoms with E-state index in [1.807, 2.05) is 11.8 Å². The quantitative estimate of drug-likeness (QED) is 0.870. The summed E-state index contributed by atoms with van der Waals surface area (Å²) >= 11 is 0. The van der Waals surface area contributed by atoms with Crippen LogP contribution in [0.3, 0.4) is 0 Å². The Balaban J connectivity index is 1.43. The molecule has 2 atom stereocenters. The molecule has 23 heavy (non-hydrogen) atoms. The van der Waals surface area contributed by atoms with Gasteiger partial charge < -0.3 is 15.5 Å². The number of nitrogens with one attached hydrogen (secondary N) is 2. The van der Waals surface area contributed by atoms with E-state index in [0.29, 0.717) is 25.4 Å². The highest BCUT2D eigenvalue weighted by molar-refractivity contribution is 5.82. The fraction of sp³-hybridized carbons (Fsp3) is 0.529. The van der Waals surface area contributed by atoms with Crippen molar-refractivity contribution in [3.8, 4) is 0 Å². The molecule has 2 unspecified atom stereocenters. The van der Waals surface area contributed by atoms with Crippen LogP contribution in [-0.2, 0) is 11.2 Å². The van der Waals surface area contributed by atoms with Gasteiger partial charge in [0.2, 0.25) is 5.91 Å². The topological polar surface area (TPSA) is 61.4 Å². The van der Waals surface area contributed by atoms with Gasteiger partial charge in [0.1, 0.15) is 5.82 Å². The zero-order chi connectivity index (χ0) is 16.4. The predicted octanol–water partition coefficient (Wildman–Crippen LogP) is 1.82. The van der Waals surface area contributed by atoms with Gasteiger partial charge in [-0.3, -0.25) is 4.79 Å². The Morgan fingerprint density at radius 2 is 2.04 bits per heavy atom. The van der Waals surface area contributed by atoms with E-state index in [0.717, 1.165) is 18.4 Å². The highest BCUT2D eigenvalue weighted by Gasteiger charge is 2.39. The number of carbonyl (C=O) groups is 2. The lowest BCUT2D eigenvalue weighted by molar-refractivity contribution is -0.128. The van der Waals surface area contributed by atoms with Crippen molar-refractivity contribution in [3.63, 3.8) is 0 Å². The van der Waals surface area contributed by atoms with Crippen molar-refractivity contribution in [1.29, 1.82) is 0 Å². The van der Waals surface area contributed by atoms with Gasteiger partial charge in [0, 0.05) is 25.0 Å². The molecule has 2 fully saturated rings. The second-order valence-electron chi connectivity index (χ2n) is 6.53. The number of likely N-dealkylation sites (tertiary alicyclic amines) is 1. The summed E-state index contributed by atoms with van der Waals surface area (Å²) in [6.07, 6.45) is 3.18. The SMILES string of the molecule is CC(Cc1ccc(F)cc1)NC(=O)NC1CC(=O)N(C2CC2)C1. The zero-order valence-corrected chi connectivity index (χ0v) is 13.2. The van der Waals surface area contributed by atoms with E-state index in [-0.39, 0.29) is 29.8 Å². The highest BCUT2D eigenvalue weighted by Crippen LogP contribution is 2.30. The normalized spacial score (nSPS) is 22.1. The van der Waals surface area contributed by atoms with Crippen molar-refractivity contribution in [2.45, 2.75) is 50.7 Å². The second kappa shape index (κ2) is 6.56. The Bertz CT molecular complexity index is 586. The molecule has 0 bridgehead atoms. The van der Waals surface area contributed by atoms with Crippen molar-refractivity contribution < 1.29 is 14.0 Å². The molecule has 0 aromatic heterocycles. The number of nitrogens with zero attached hydrogens (tertiary/aromatic N) is 1. The van der Waals surface area contributed by atoms with E-state index < -0.39 is 0 Å². The molecule has 1 aliphatic carbocycles. The fourth-order valence-electron chi connectivity index (χ4n) is 3.04. The van der Waals surface area contributed by atoms with Gasteiger partial charge in [-0.2, -0.15) is 0 Å². The average Bonchev–Trinajstić information content (AvgIpc) is 3.26. The average molecular weight is 319 g/mol. The Morgan fingerprint density at radius 1 is 1.35 bits per heavy atom. The summed E-state index contributed by atoms with van der Waals surface area (Å²) < 4.78 is 12.9. The van der Waals surface area contributed by atoms with Gasteiger partial charge in [0.15, 0.2) is 0 Å². The molecule has 1 aliphatic heterocycles. The summed E-state index contributed by atoms with van der Waals surface area (Å²) in [4.78, 5) is 25.8. The number of benzene rings is 1. The Labute approximate surface area is 135 Å². The molecule has 124 valence electrons. The maximum Gasteiger partial charge on any atom is 0.315 e. The van der Waals surface area contributed by atoms with Crippen LogP contribution in [0, 0.1) is 5.82 Å². The van der Waals surface area contributed by atoms with Gasteiger partial charge in [-0.15, -0.1) is 0 Å². The van der Waals surface area contributed by atoms with Crippen molar-refractivity contribution in [3.05, 3.63) is 35.6 Å². The molecule has 2 aliphatic rings. The van der Waals surface area contributed by atoms with Crippen LogP contribution in [0.2, 0.25) is 0 Å².